The fraction of sp³-hybridized carbons (Fsp3) is 0.586. The lowest BCUT2D eigenvalue weighted by Crippen LogP contribution is -2.36. The average molecular weight is 628 g/mol. The molecule has 1 saturated carbocycles. The first-order valence-electron chi connectivity index (χ1n) is 13.5. The summed E-state index contributed by atoms with van der Waals surface area (Å²) in [6.45, 7) is 14.8. The zero-order valence-corrected chi connectivity index (χ0v) is 27.1. The van der Waals surface area contributed by atoms with Crippen LogP contribution in [0.15, 0.2) is 34.1 Å². The van der Waals surface area contributed by atoms with Crippen molar-refractivity contribution in [3.63, 3.8) is 0 Å². The van der Waals surface area contributed by atoms with Gasteiger partial charge < -0.3 is 0 Å². The van der Waals surface area contributed by atoms with Crippen LogP contribution in [0.3, 0.4) is 0 Å². The van der Waals surface area contributed by atoms with Crippen molar-refractivity contribution < 1.29 is 16.8 Å². The average Bonchev–Trinajstić information content (AvgIpc) is 3.54. The molecule has 3 rings (SSSR count). The molecule has 38 heavy (non-hydrogen) atoms. The fourth-order valence-electron chi connectivity index (χ4n) is 5.72. The molecule has 0 radical (unpaired) electrons. The number of aryl methyl sites for hydroxylation is 6. The molecular weight excluding hydrogens is 584 g/mol. The van der Waals surface area contributed by atoms with Crippen molar-refractivity contribution in [2.24, 2.45) is 11.8 Å². The van der Waals surface area contributed by atoms with Gasteiger partial charge in [-0.25, -0.2) is 16.8 Å². The lowest BCUT2D eigenvalue weighted by Gasteiger charge is -2.26. The molecule has 1 aliphatic rings. The second kappa shape index (κ2) is 12.5. The number of halogens is 1. The zero-order valence-electron chi connectivity index (χ0n) is 23.8. The minimum atomic E-state index is -3.67. The molecule has 2 atom stereocenters. The Morgan fingerprint density at radius 3 is 1.47 bits per heavy atom. The molecule has 0 bridgehead atoms. The van der Waals surface area contributed by atoms with Gasteiger partial charge in [-0.05, 0) is 94.9 Å². The summed E-state index contributed by atoms with van der Waals surface area (Å²) < 4.78 is 58.0. The van der Waals surface area contributed by atoms with Crippen molar-refractivity contribution in [3.8, 4) is 0 Å². The van der Waals surface area contributed by atoms with Crippen LogP contribution in [-0.4, -0.2) is 57.0 Å². The highest BCUT2D eigenvalue weighted by molar-refractivity contribution is 9.09. The molecule has 212 valence electrons. The summed E-state index contributed by atoms with van der Waals surface area (Å²) >= 11 is 3.54. The summed E-state index contributed by atoms with van der Waals surface area (Å²) in [5.74, 6) is 0.866. The van der Waals surface area contributed by atoms with Crippen LogP contribution >= 0.6 is 15.9 Å². The summed E-state index contributed by atoms with van der Waals surface area (Å²) in [6.07, 6.45) is 2.20. The van der Waals surface area contributed by atoms with Crippen LogP contribution in [0.25, 0.3) is 0 Å². The molecule has 0 aromatic heterocycles. The SMILES string of the molecule is CCN(CCCCN(C[C@@H]1C[C@H]1CBr)S(=O)(=O)c1c(C)cc(C)cc1C)S(=O)(=O)c1c(C)cc(C)cc1C. The Hall–Kier alpha value is -1.26. The Labute approximate surface area is 239 Å². The Balaban J connectivity index is 1.76. The van der Waals surface area contributed by atoms with Gasteiger partial charge in [0, 0.05) is 31.5 Å². The zero-order chi connectivity index (χ0) is 28.4. The second-order valence-corrected chi connectivity index (χ2v) is 15.3. The smallest absolute Gasteiger partial charge is 0.207 e. The van der Waals surface area contributed by atoms with Crippen LogP contribution in [0.4, 0.5) is 0 Å². The minimum absolute atomic E-state index is 0.357. The molecule has 9 heteroatoms. The van der Waals surface area contributed by atoms with Gasteiger partial charge in [-0.2, -0.15) is 8.61 Å². The van der Waals surface area contributed by atoms with E-state index in [4.69, 9.17) is 0 Å². The highest BCUT2D eigenvalue weighted by Crippen LogP contribution is 2.41. The highest BCUT2D eigenvalue weighted by atomic mass is 79.9. The lowest BCUT2D eigenvalue weighted by atomic mass is 10.1. The second-order valence-electron chi connectivity index (χ2n) is 10.9. The lowest BCUT2D eigenvalue weighted by molar-refractivity contribution is 0.362. The molecule has 0 unspecified atom stereocenters. The maximum absolute atomic E-state index is 13.9. The van der Waals surface area contributed by atoms with Gasteiger partial charge in [-0.3, -0.25) is 0 Å². The number of sulfonamides is 2. The largest absolute Gasteiger partial charge is 0.243 e. The van der Waals surface area contributed by atoms with Gasteiger partial charge in [0.15, 0.2) is 0 Å². The number of unbranched alkanes of at least 4 members (excludes halogenated alkanes) is 1. The van der Waals surface area contributed by atoms with Gasteiger partial charge in [0.1, 0.15) is 0 Å². The Bertz CT molecular complexity index is 1330. The predicted molar refractivity (Wildman–Crippen MR) is 159 cm³/mol. The number of alkyl halides is 1. The number of rotatable bonds is 13. The molecule has 0 aliphatic heterocycles. The van der Waals surface area contributed by atoms with E-state index in [0.717, 1.165) is 45.1 Å². The van der Waals surface area contributed by atoms with E-state index in [1.165, 1.54) is 4.31 Å². The Kier molecular flexibility index (Phi) is 10.3. The van der Waals surface area contributed by atoms with Crippen LogP contribution in [0.5, 0.6) is 0 Å². The Morgan fingerprint density at radius 1 is 0.711 bits per heavy atom. The first-order chi connectivity index (χ1) is 17.7. The van der Waals surface area contributed by atoms with Crippen molar-refractivity contribution in [2.75, 3.05) is 31.5 Å². The summed E-state index contributed by atoms with van der Waals surface area (Å²) in [6, 6.07) is 7.66. The topological polar surface area (TPSA) is 74.8 Å². The Morgan fingerprint density at radius 2 is 1.11 bits per heavy atom. The van der Waals surface area contributed by atoms with Crippen molar-refractivity contribution >= 4 is 36.0 Å². The van der Waals surface area contributed by atoms with Crippen molar-refractivity contribution in [2.45, 2.75) is 77.5 Å². The van der Waals surface area contributed by atoms with E-state index in [9.17, 15) is 16.8 Å². The fourth-order valence-corrected chi connectivity index (χ4v) is 10.4. The van der Waals surface area contributed by atoms with Crippen LogP contribution in [0.1, 0.15) is 59.6 Å². The monoisotopic (exact) mass is 626 g/mol. The molecule has 0 heterocycles. The maximum Gasteiger partial charge on any atom is 0.243 e. The van der Waals surface area contributed by atoms with Crippen molar-refractivity contribution in [1.29, 1.82) is 0 Å². The number of hydrogen-bond donors (Lipinski definition) is 0. The van der Waals surface area contributed by atoms with E-state index in [-0.39, 0.29) is 0 Å². The normalized spacial score (nSPS) is 17.9. The van der Waals surface area contributed by atoms with E-state index < -0.39 is 20.0 Å². The van der Waals surface area contributed by atoms with E-state index in [0.29, 0.717) is 60.6 Å². The maximum atomic E-state index is 13.9. The van der Waals surface area contributed by atoms with Crippen LogP contribution in [0, 0.1) is 53.4 Å². The molecule has 1 aliphatic carbocycles. The number of hydrogen-bond acceptors (Lipinski definition) is 4. The molecule has 2 aromatic rings. The third kappa shape index (κ3) is 6.89. The minimum Gasteiger partial charge on any atom is -0.207 e. The van der Waals surface area contributed by atoms with E-state index >= 15 is 0 Å². The summed E-state index contributed by atoms with van der Waals surface area (Å²) in [5.41, 5.74) is 5.15. The van der Waals surface area contributed by atoms with Crippen molar-refractivity contribution in [3.05, 3.63) is 57.6 Å². The summed E-state index contributed by atoms with van der Waals surface area (Å²) in [4.78, 5) is 0.788. The standard InChI is InChI=1S/C29H43BrN2O4S2/c1-8-31(37(33,34)28-22(4)13-20(2)14-23(28)5)11-9-10-12-32(19-27-17-26(27)18-30)38(35,36)29-24(6)15-21(3)16-25(29)7/h13-16,26-27H,8-12,17-19H2,1-7H3/t26-,27-/m0/s1. The van der Waals surface area contributed by atoms with Crippen LogP contribution in [0.2, 0.25) is 0 Å². The van der Waals surface area contributed by atoms with E-state index in [1.807, 2.05) is 72.7 Å². The first-order valence-corrected chi connectivity index (χ1v) is 17.5. The van der Waals surface area contributed by atoms with Gasteiger partial charge in [0.25, 0.3) is 0 Å². The third-order valence-corrected chi connectivity index (χ3v) is 12.8. The summed E-state index contributed by atoms with van der Waals surface area (Å²) in [7, 11) is -7.31. The molecule has 0 N–H and O–H groups in total. The molecule has 6 nitrogen and oxygen atoms in total. The van der Waals surface area contributed by atoms with Crippen LogP contribution < -0.4 is 0 Å². The predicted octanol–water partition coefficient (Wildman–Crippen LogP) is 6.05. The molecule has 0 spiro atoms. The quantitative estimate of drug-likeness (QED) is 0.200. The molecule has 0 saturated heterocycles. The molecular formula is C29H43BrN2O4S2. The van der Waals surface area contributed by atoms with Gasteiger partial charge in [0.05, 0.1) is 9.79 Å². The van der Waals surface area contributed by atoms with Crippen molar-refractivity contribution in [1.82, 2.24) is 8.61 Å². The van der Waals surface area contributed by atoms with Crippen LogP contribution in [-0.2, 0) is 20.0 Å². The molecule has 0 amide bonds. The summed E-state index contributed by atoms with van der Waals surface area (Å²) in [5, 5.41) is 0.884. The van der Waals surface area contributed by atoms with Gasteiger partial charge in [-0.15, -0.1) is 0 Å². The number of nitrogens with zero attached hydrogens (tertiary/aromatic N) is 2. The molecule has 1 fully saturated rings. The van der Waals surface area contributed by atoms with Gasteiger partial charge in [0.2, 0.25) is 20.0 Å². The van der Waals surface area contributed by atoms with Gasteiger partial charge in [-0.1, -0.05) is 58.2 Å². The first kappa shape index (κ1) is 31.3. The molecule has 2 aromatic carbocycles. The van der Waals surface area contributed by atoms with E-state index in [1.54, 1.807) is 4.31 Å². The van der Waals surface area contributed by atoms with Gasteiger partial charge >= 0.3 is 0 Å². The van der Waals surface area contributed by atoms with E-state index in [2.05, 4.69) is 15.9 Å². The third-order valence-electron chi connectivity index (χ3n) is 7.53. The highest BCUT2D eigenvalue weighted by Gasteiger charge is 2.40. The number of benzene rings is 2.